The Hall–Kier alpha value is -3.10. The molecule has 3 rings (SSSR count). The molecule has 162 valence electrons. The third-order valence-corrected chi connectivity index (χ3v) is 4.91. The Morgan fingerprint density at radius 2 is 2.19 bits per heavy atom. The van der Waals surface area contributed by atoms with Gasteiger partial charge in [0.15, 0.2) is 5.11 Å². The summed E-state index contributed by atoms with van der Waals surface area (Å²) in [5, 5.41) is 8.18. The van der Waals surface area contributed by atoms with Crippen molar-refractivity contribution >= 4 is 41.1 Å². The number of H-pyrrole nitrogens is 1. The second kappa shape index (κ2) is 10.8. The number of aryl methyl sites for hydroxylation is 1. The molecule has 1 aromatic carbocycles. The summed E-state index contributed by atoms with van der Waals surface area (Å²) in [5.74, 6) is 0.382. The molecule has 0 saturated heterocycles. The number of rotatable bonds is 8. The molecular formula is C22H23ClN4O3S. The smallest absolute Gasteiger partial charge is 0.340 e. The number of hydrazone groups is 1. The maximum atomic E-state index is 12.6. The lowest BCUT2D eigenvalue weighted by molar-refractivity contribution is 0.0524. The molecule has 0 bridgehead atoms. The maximum Gasteiger partial charge on any atom is 0.340 e. The number of ether oxygens (including phenoxy) is 1. The van der Waals surface area contributed by atoms with Crippen LogP contribution in [0.5, 0.6) is 0 Å². The van der Waals surface area contributed by atoms with Crippen LogP contribution in [0.25, 0.3) is 0 Å². The van der Waals surface area contributed by atoms with Gasteiger partial charge in [-0.25, -0.2) is 4.79 Å². The second-order valence-electron chi connectivity index (χ2n) is 6.68. The number of aromatic amines is 1. The summed E-state index contributed by atoms with van der Waals surface area (Å²) in [6.45, 7) is 4.34. The largest absolute Gasteiger partial charge is 0.467 e. The number of nitrogens with one attached hydrogen (secondary N) is 3. The van der Waals surface area contributed by atoms with Crippen molar-refractivity contribution in [2.24, 2.45) is 5.10 Å². The molecule has 3 N–H and O–H groups in total. The lowest BCUT2D eigenvalue weighted by atomic mass is 10.0. The number of hydrogen-bond acceptors (Lipinski definition) is 5. The van der Waals surface area contributed by atoms with Gasteiger partial charge in [-0.3, -0.25) is 5.43 Å². The zero-order chi connectivity index (χ0) is 22.2. The van der Waals surface area contributed by atoms with Crippen molar-refractivity contribution in [2.45, 2.75) is 26.8 Å². The molecule has 7 nitrogen and oxygen atoms in total. The predicted octanol–water partition coefficient (Wildman–Crippen LogP) is 4.34. The zero-order valence-corrected chi connectivity index (χ0v) is 18.8. The van der Waals surface area contributed by atoms with Crippen LogP contribution in [0.1, 0.15) is 45.6 Å². The van der Waals surface area contributed by atoms with E-state index in [-0.39, 0.29) is 5.97 Å². The fourth-order valence-corrected chi connectivity index (χ4v) is 3.44. The summed E-state index contributed by atoms with van der Waals surface area (Å²) < 4.78 is 10.5. The fourth-order valence-electron chi connectivity index (χ4n) is 3.10. The van der Waals surface area contributed by atoms with E-state index in [0.717, 1.165) is 16.9 Å². The first-order chi connectivity index (χ1) is 15.0. The molecule has 2 aromatic heterocycles. The van der Waals surface area contributed by atoms with Crippen molar-refractivity contribution in [1.29, 1.82) is 0 Å². The molecule has 31 heavy (non-hydrogen) atoms. The number of furan rings is 1. The van der Waals surface area contributed by atoms with Gasteiger partial charge in [-0.05, 0) is 61.5 Å². The van der Waals surface area contributed by atoms with Crippen LogP contribution in [0.15, 0.2) is 52.2 Å². The minimum Gasteiger partial charge on any atom is -0.467 e. The Bertz CT molecular complexity index is 1080. The van der Waals surface area contributed by atoms with E-state index in [9.17, 15) is 4.79 Å². The van der Waals surface area contributed by atoms with Crippen molar-refractivity contribution in [3.05, 3.63) is 81.5 Å². The van der Waals surface area contributed by atoms with Gasteiger partial charge in [0.2, 0.25) is 0 Å². The Kier molecular flexibility index (Phi) is 7.86. The van der Waals surface area contributed by atoms with Crippen LogP contribution >= 0.6 is 23.8 Å². The van der Waals surface area contributed by atoms with Crippen molar-refractivity contribution < 1.29 is 13.9 Å². The van der Waals surface area contributed by atoms with Crippen molar-refractivity contribution in [1.82, 2.24) is 15.7 Å². The molecular weight excluding hydrogens is 436 g/mol. The molecule has 0 spiro atoms. The van der Waals surface area contributed by atoms with Gasteiger partial charge in [-0.1, -0.05) is 23.7 Å². The quantitative estimate of drug-likeness (QED) is 0.201. The first kappa shape index (κ1) is 22.6. The fraction of sp³-hybridized carbons (Fsp3) is 0.227. The van der Waals surface area contributed by atoms with Crippen LogP contribution in [0.4, 0.5) is 0 Å². The summed E-state index contributed by atoms with van der Waals surface area (Å²) in [4.78, 5) is 15.8. The van der Waals surface area contributed by atoms with Crippen LogP contribution in [-0.2, 0) is 17.7 Å². The van der Waals surface area contributed by atoms with Gasteiger partial charge in [-0.15, -0.1) is 0 Å². The maximum absolute atomic E-state index is 12.6. The SMILES string of the molecule is CCOC(=O)c1c(C)[nH]c(/C=N/NC(=S)NCc2ccco2)c1Cc1cccc(Cl)c1. The first-order valence-corrected chi connectivity index (χ1v) is 10.5. The number of carbonyl (C=O) groups is 1. The number of halogens is 1. The van der Waals surface area contributed by atoms with E-state index >= 15 is 0 Å². The summed E-state index contributed by atoms with van der Waals surface area (Å²) in [6.07, 6.45) is 3.68. The van der Waals surface area contributed by atoms with Crippen LogP contribution in [0, 0.1) is 6.92 Å². The van der Waals surface area contributed by atoms with Crippen LogP contribution in [0.3, 0.4) is 0 Å². The number of thiocarbonyl (C=S) groups is 1. The summed E-state index contributed by atoms with van der Waals surface area (Å²) in [7, 11) is 0. The van der Waals surface area contributed by atoms with Gasteiger partial charge in [0.05, 0.1) is 36.9 Å². The number of aromatic nitrogens is 1. The normalized spacial score (nSPS) is 10.9. The highest BCUT2D eigenvalue weighted by Gasteiger charge is 2.21. The van der Waals surface area contributed by atoms with E-state index in [1.807, 2.05) is 43.3 Å². The van der Waals surface area contributed by atoms with E-state index in [1.54, 1.807) is 19.4 Å². The minimum atomic E-state index is -0.378. The molecule has 9 heteroatoms. The minimum absolute atomic E-state index is 0.292. The number of hydrogen-bond donors (Lipinski definition) is 3. The first-order valence-electron chi connectivity index (χ1n) is 9.70. The van der Waals surface area contributed by atoms with E-state index in [2.05, 4.69) is 20.8 Å². The van der Waals surface area contributed by atoms with Gasteiger partial charge in [0, 0.05) is 17.1 Å². The van der Waals surface area contributed by atoms with E-state index in [1.165, 1.54) is 0 Å². The Morgan fingerprint density at radius 1 is 1.35 bits per heavy atom. The summed E-state index contributed by atoms with van der Waals surface area (Å²) in [6, 6.07) is 11.2. The predicted molar refractivity (Wildman–Crippen MR) is 125 cm³/mol. The highest BCUT2D eigenvalue weighted by Crippen LogP contribution is 2.24. The van der Waals surface area contributed by atoms with E-state index in [0.29, 0.717) is 46.7 Å². The Labute approximate surface area is 190 Å². The standard InChI is InChI=1S/C22H23ClN4O3S/c1-3-29-21(28)20-14(2)26-19(18(20)11-15-6-4-7-16(23)10-15)13-25-27-22(31)24-12-17-8-5-9-30-17/h4-10,13,26H,3,11-12H2,1-2H3,(H2,24,27,31)/b25-13+. The van der Waals surface area contributed by atoms with Crippen LogP contribution < -0.4 is 10.7 Å². The molecule has 0 aliphatic heterocycles. The molecule has 0 aliphatic carbocycles. The van der Waals surface area contributed by atoms with E-state index in [4.69, 9.17) is 33.0 Å². The van der Waals surface area contributed by atoms with Gasteiger partial charge >= 0.3 is 5.97 Å². The molecule has 0 radical (unpaired) electrons. The van der Waals surface area contributed by atoms with Crippen molar-refractivity contribution in [3.8, 4) is 0 Å². The third-order valence-electron chi connectivity index (χ3n) is 4.44. The van der Waals surface area contributed by atoms with Crippen molar-refractivity contribution in [2.75, 3.05) is 6.61 Å². The van der Waals surface area contributed by atoms with E-state index < -0.39 is 0 Å². The van der Waals surface area contributed by atoms with Crippen LogP contribution in [-0.4, -0.2) is 28.9 Å². The average Bonchev–Trinajstić information content (AvgIpc) is 3.35. The topological polar surface area (TPSA) is 91.7 Å². The van der Waals surface area contributed by atoms with Crippen molar-refractivity contribution in [3.63, 3.8) is 0 Å². The molecule has 0 amide bonds. The zero-order valence-electron chi connectivity index (χ0n) is 17.2. The number of esters is 1. The summed E-state index contributed by atoms with van der Waals surface area (Å²) in [5.41, 5.74) is 6.40. The molecule has 3 aromatic rings. The van der Waals surface area contributed by atoms with Gasteiger partial charge in [-0.2, -0.15) is 5.10 Å². The number of nitrogens with zero attached hydrogens (tertiary/aromatic N) is 1. The van der Waals surface area contributed by atoms with Gasteiger partial charge < -0.3 is 19.5 Å². The average molecular weight is 459 g/mol. The molecule has 0 aliphatic rings. The lowest BCUT2D eigenvalue weighted by Crippen LogP contribution is -2.31. The van der Waals surface area contributed by atoms with Gasteiger partial charge in [0.25, 0.3) is 0 Å². The van der Waals surface area contributed by atoms with Crippen LogP contribution in [0.2, 0.25) is 5.02 Å². The molecule has 0 saturated carbocycles. The third kappa shape index (κ3) is 6.19. The monoisotopic (exact) mass is 458 g/mol. The second-order valence-corrected chi connectivity index (χ2v) is 7.52. The number of carbonyl (C=O) groups excluding carboxylic acids is 1. The Morgan fingerprint density at radius 3 is 2.90 bits per heavy atom. The van der Waals surface area contributed by atoms with Gasteiger partial charge in [0.1, 0.15) is 5.76 Å². The molecule has 2 heterocycles. The molecule has 0 fully saturated rings. The highest BCUT2D eigenvalue weighted by atomic mass is 35.5. The number of benzene rings is 1. The summed E-state index contributed by atoms with van der Waals surface area (Å²) >= 11 is 11.4. The Balaban J connectivity index is 1.78. The molecule has 0 unspecified atom stereocenters. The highest BCUT2D eigenvalue weighted by molar-refractivity contribution is 7.80. The lowest BCUT2D eigenvalue weighted by Gasteiger charge is -2.07. The molecule has 0 atom stereocenters.